The number of pyridine rings is 1. The Balaban J connectivity index is 1.65. The molecule has 23 heavy (non-hydrogen) atoms. The number of nitrogens with zero attached hydrogens (tertiary/aromatic N) is 5. The Hall–Kier alpha value is -2.27. The molecule has 1 aliphatic heterocycles. The molecule has 3 aromatic heterocycles. The van der Waals surface area contributed by atoms with Crippen molar-refractivity contribution in [2.75, 3.05) is 6.54 Å². The molecule has 1 fully saturated rings. The standard InChI is InChI=1S/C18H21N5/c1-13-10-14(2)23-18(21-13)15(11-20-23)12-22-9-5-7-17(22)16-6-3-4-8-19-16/h3-4,6,8,10-11,17H,5,7,9,12H2,1-2H3. The lowest BCUT2D eigenvalue weighted by atomic mass is 10.1. The van der Waals surface area contributed by atoms with Gasteiger partial charge < -0.3 is 0 Å². The molecular weight excluding hydrogens is 286 g/mol. The maximum Gasteiger partial charge on any atom is 0.159 e. The molecule has 1 aliphatic rings. The predicted molar refractivity (Wildman–Crippen MR) is 89.1 cm³/mol. The van der Waals surface area contributed by atoms with Crippen molar-refractivity contribution in [2.45, 2.75) is 39.3 Å². The molecule has 4 rings (SSSR count). The predicted octanol–water partition coefficient (Wildman–Crippen LogP) is 3.08. The van der Waals surface area contributed by atoms with Crippen molar-refractivity contribution in [3.8, 4) is 0 Å². The zero-order chi connectivity index (χ0) is 15.8. The third-order valence-electron chi connectivity index (χ3n) is 4.62. The minimum atomic E-state index is 0.400. The van der Waals surface area contributed by atoms with Crippen LogP contribution < -0.4 is 0 Å². The first-order chi connectivity index (χ1) is 11.2. The Bertz CT molecular complexity index is 824. The molecule has 0 amide bonds. The summed E-state index contributed by atoms with van der Waals surface area (Å²) in [5, 5.41) is 4.51. The summed E-state index contributed by atoms with van der Waals surface area (Å²) in [6.45, 7) is 6.09. The van der Waals surface area contributed by atoms with Crippen LogP contribution in [0, 0.1) is 13.8 Å². The highest BCUT2D eigenvalue weighted by Gasteiger charge is 2.27. The average molecular weight is 307 g/mol. The summed E-state index contributed by atoms with van der Waals surface area (Å²) >= 11 is 0. The van der Waals surface area contributed by atoms with E-state index >= 15 is 0 Å². The van der Waals surface area contributed by atoms with Crippen LogP contribution >= 0.6 is 0 Å². The van der Waals surface area contributed by atoms with Crippen molar-refractivity contribution in [1.29, 1.82) is 0 Å². The first-order valence-corrected chi connectivity index (χ1v) is 8.18. The normalized spacial score (nSPS) is 18.8. The third kappa shape index (κ3) is 2.61. The van der Waals surface area contributed by atoms with Crippen LogP contribution in [0.3, 0.4) is 0 Å². The van der Waals surface area contributed by atoms with E-state index in [4.69, 9.17) is 4.98 Å². The van der Waals surface area contributed by atoms with Crippen molar-refractivity contribution < 1.29 is 0 Å². The highest BCUT2D eigenvalue weighted by atomic mass is 15.3. The summed E-state index contributed by atoms with van der Waals surface area (Å²) in [7, 11) is 0. The van der Waals surface area contributed by atoms with E-state index in [1.165, 1.54) is 24.1 Å². The van der Waals surface area contributed by atoms with Crippen LogP contribution in [0.5, 0.6) is 0 Å². The van der Waals surface area contributed by atoms with E-state index in [1.54, 1.807) is 0 Å². The van der Waals surface area contributed by atoms with Gasteiger partial charge in [0.25, 0.3) is 0 Å². The lowest BCUT2D eigenvalue weighted by molar-refractivity contribution is 0.245. The zero-order valence-electron chi connectivity index (χ0n) is 13.6. The highest BCUT2D eigenvalue weighted by molar-refractivity contribution is 5.48. The van der Waals surface area contributed by atoms with Gasteiger partial charge in [-0.3, -0.25) is 9.88 Å². The SMILES string of the molecule is Cc1cc(C)n2ncc(CN3CCCC3c3ccccn3)c2n1. The van der Waals surface area contributed by atoms with Crippen LogP contribution in [0.2, 0.25) is 0 Å². The van der Waals surface area contributed by atoms with Crippen LogP contribution in [0.15, 0.2) is 36.7 Å². The minimum Gasteiger partial charge on any atom is -0.290 e. The molecule has 0 aliphatic carbocycles. The van der Waals surface area contributed by atoms with E-state index in [0.29, 0.717) is 6.04 Å². The second kappa shape index (κ2) is 5.74. The van der Waals surface area contributed by atoms with Gasteiger partial charge in [-0.15, -0.1) is 0 Å². The first kappa shape index (κ1) is 14.3. The van der Waals surface area contributed by atoms with Crippen molar-refractivity contribution in [3.63, 3.8) is 0 Å². The molecule has 0 aromatic carbocycles. The summed E-state index contributed by atoms with van der Waals surface area (Å²) in [6.07, 6.45) is 6.23. The van der Waals surface area contributed by atoms with Crippen molar-refractivity contribution >= 4 is 5.65 Å². The molecule has 3 aromatic rings. The fourth-order valence-electron chi connectivity index (χ4n) is 3.57. The van der Waals surface area contributed by atoms with Gasteiger partial charge in [0.15, 0.2) is 5.65 Å². The van der Waals surface area contributed by atoms with Crippen LogP contribution in [-0.2, 0) is 6.54 Å². The molecule has 0 N–H and O–H groups in total. The average Bonchev–Trinajstić information content (AvgIpc) is 3.16. The van der Waals surface area contributed by atoms with Crippen molar-refractivity contribution in [3.05, 3.63) is 59.3 Å². The molecule has 0 spiro atoms. The molecule has 1 saturated heterocycles. The molecule has 1 atom stereocenters. The van der Waals surface area contributed by atoms with Gasteiger partial charge in [0, 0.05) is 29.7 Å². The summed E-state index contributed by atoms with van der Waals surface area (Å²) in [5.74, 6) is 0. The fourth-order valence-corrected chi connectivity index (χ4v) is 3.57. The Morgan fingerprint density at radius 3 is 3.00 bits per heavy atom. The smallest absolute Gasteiger partial charge is 0.159 e. The van der Waals surface area contributed by atoms with Gasteiger partial charge in [-0.1, -0.05) is 6.07 Å². The molecule has 0 saturated carbocycles. The number of fused-ring (bicyclic) bond motifs is 1. The van der Waals surface area contributed by atoms with E-state index < -0.39 is 0 Å². The molecule has 0 radical (unpaired) electrons. The van der Waals surface area contributed by atoms with Crippen LogP contribution in [-0.4, -0.2) is 31.0 Å². The van der Waals surface area contributed by atoms with E-state index in [0.717, 1.165) is 30.1 Å². The Kier molecular flexibility index (Phi) is 3.58. The number of aryl methyl sites for hydroxylation is 2. The monoisotopic (exact) mass is 307 g/mol. The Morgan fingerprint density at radius 2 is 2.17 bits per heavy atom. The van der Waals surface area contributed by atoms with E-state index in [-0.39, 0.29) is 0 Å². The molecule has 0 bridgehead atoms. The molecule has 4 heterocycles. The zero-order valence-corrected chi connectivity index (χ0v) is 13.6. The molecular formula is C18H21N5. The summed E-state index contributed by atoms with van der Waals surface area (Å²) < 4.78 is 1.94. The number of likely N-dealkylation sites (tertiary alicyclic amines) is 1. The van der Waals surface area contributed by atoms with Gasteiger partial charge in [0.05, 0.1) is 17.9 Å². The van der Waals surface area contributed by atoms with Gasteiger partial charge in [-0.25, -0.2) is 9.50 Å². The van der Waals surface area contributed by atoms with Crippen LogP contribution in [0.1, 0.15) is 41.5 Å². The maximum absolute atomic E-state index is 4.69. The van der Waals surface area contributed by atoms with E-state index in [2.05, 4.69) is 40.1 Å². The topological polar surface area (TPSA) is 46.3 Å². The minimum absolute atomic E-state index is 0.400. The quantitative estimate of drug-likeness (QED) is 0.746. The van der Waals surface area contributed by atoms with Crippen LogP contribution in [0.4, 0.5) is 0 Å². The summed E-state index contributed by atoms with van der Waals surface area (Å²) in [4.78, 5) is 11.7. The second-order valence-electron chi connectivity index (χ2n) is 6.33. The summed E-state index contributed by atoms with van der Waals surface area (Å²) in [5.41, 5.74) is 5.51. The lowest BCUT2D eigenvalue weighted by Crippen LogP contribution is -2.23. The van der Waals surface area contributed by atoms with Crippen LogP contribution in [0.25, 0.3) is 5.65 Å². The van der Waals surface area contributed by atoms with Gasteiger partial charge in [0.2, 0.25) is 0 Å². The highest BCUT2D eigenvalue weighted by Crippen LogP contribution is 2.32. The second-order valence-corrected chi connectivity index (χ2v) is 6.33. The molecule has 1 unspecified atom stereocenters. The maximum atomic E-state index is 4.69. The summed E-state index contributed by atoms with van der Waals surface area (Å²) in [6, 6.07) is 8.64. The van der Waals surface area contributed by atoms with Gasteiger partial charge in [-0.2, -0.15) is 5.10 Å². The van der Waals surface area contributed by atoms with E-state index in [9.17, 15) is 0 Å². The van der Waals surface area contributed by atoms with Crippen molar-refractivity contribution in [2.24, 2.45) is 0 Å². The number of aromatic nitrogens is 4. The molecule has 118 valence electrons. The molecule has 5 heteroatoms. The largest absolute Gasteiger partial charge is 0.290 e. The number of rotatable bonds is 3. The van der Waals surface area contributed by atoms with Gasteiger partial charge in [0.1, 0.15) is 0 Å². The van der Waals surface area contributed by atoms with E-state index in [1.807, 2.05) is 29.9 Å². The third-order valence-corrected chi connectivity index (χ3v) is 4.62. The lowest BCUT2D eigenvalue weighted by Gasteiger charge is -2.23. The van der Waals surface area contributed by atoms with Crippen molar-refractivity contribution in [1.82, 2.24) is 24.5 Å². The van der Waals surface area contributed by atoms with Gasteiger partial charge in [-0.05, 0) is 51.4 Å². The Morgan fingerprint density at radius 1 is 1.26 bits per heavy atom. The number of hydrogen-bond acceptors (Lipinski definition) is 4. The first-order valence-electron chi connectivity index (χ1n) is 8.18. The number of hydrogen-bond donors (Lipinski definition) is 0. The fraction of sp³-hybridized carbons (Fsp3) is 0.389. The Labute approximate surface area is 136 Å². The molecule has 5 nitrogen and oxygen atoms in total. The van der Waals surface area contributed by atoms with Gasteiger partial charge >= 0.3 is 0 Å².